The summed E-state index contributed by atoms with van der Waals surface area (Å²) in [6.07, 6.45) is -0.556. The second kappa shape index (κ2) is 7.92. The van der Waals surface area contributed by atoms with E-state index in [0.717, 1.165) is 5.56 Å². The number of halogens is 1. The Bertz CT molecular complexity index is 702. The highest BCUT2D eigenvalue weighted by atomic mass is 35.5. The zero-order chi connectivity index (χ0) is 18.6. The molecule has 4 heteroatoms. The highest BCUT2D eigenvalue weighted by Crippen LogP contribution is 2.22. The fraction of sp³-hybridized carbons (Fsp3) is 0.381. The summed E-state index contributed by atoms with van der Waals surface area (Å²) in [4.78, 5) is 14.2. The van der Waals surface area contributed by atoms with E-state index >= 15 is 0 Å². The standard InChI is InChI=1S/C21H26ClNO2/c1-15(25-19-12-10-18(22)11-13-19)20(24)23(5)14-16-6-8-17(9-7-16)21(2,3)4/h6-13,15H,14H2,1-5H3. The van der Waals surface area contributed by atoms with E-state index in [1.54, 1.807) is 43.1 Å². The average Bonchev–Trinajstić information content (AvgIpc) is 2.55. The van der Waals surface area contributed by atoms with Crippen LogP contribution in [-0.4, -0.2) is 24.0 Å². The number of hydrogen-bond donors (Lipinski definition) is 0. The second-order valence-corrected chi connectivity index (χ2v) is 7.79. The molecule has 0 N–H and O–H groups in total. The molecule has 25 heavy (non-hydrogen) atoms. The lowest BCUT2D eigenvalue weighted by molar-refractivity contribution is -0.137. The molecule has 1 unspecified atom stereocenters. The predicted octanol–water partition coefficient (Wildman–Crippen LogP) is 5.06. The molecule has 0 radical (unpaired) electrons. The molecule has 0 bridgehead atoms. The monoisotopic (exact) mass is 359 g/mol. The molecule has 3 nitrogen and oxygen atoms in total. The summed E-state index contributed by atoms with van der Waals surface area (Å²) in [5, 5.41) is 0.641. The summed E-state index contributed by atoms with van der Waals surface area (Å²) in [6, 6.07) is 15.4. The largest absolute Gasteiger partial charge is 0.481 e. The van der Waals surface area contributed by atoms with E-state index < -0.39 is 6.10 Å². The molecule has 2 rings (SSSR count). The van der Waals surface area contributed by atoms with Crippen molar-refractivity contribution in [2.45, 2.75) is 45.8 Å². The first-order chi connectivity index (χ1) is 11.7. The maximum absolute atomic E-state index is 12.5. The zero-order valence-electron chi connectivity index (χ0n) is 15.5. The van der Waals surface area contributed by atoms with Gasteiger partial charge in [0.2, 0.25) is 0 Å². The Morgan fingerprint density at radius 3 is 2.16 bits per heavy atom. The highest BCUT2D eigenvalue weighted by Gasteiger charge is 2.20. The first-order valence-corrected chi connectivity index (χ1v) is 8.81. The maximum Gasteiger partial charge on any atom is 0.263 e. The van der Waals surface area contributed by atoms with Gasteiger partial charge in [-0.2, -0.15) is 0 Å². The Hall–Kier alpha value is -2.00. The van der Waals surface area contributed by atoms with Gasteiger partial charge in [-0.05, 0) is 47.7 Å². The van der Waals surface area contributed by atoms with E-state index in [4.69, 9.17) is 16.3 Å². The summed E-state index contributed by atoms with van der Waals surface area (Å²) >= 11 is 5.86. The van der Waals surface area contributed by atoms with Crippen LogP contribution in [0.4, 0.5) is 0 Å². The summed E-state index contributed by atoms with van der Waals surface area (Å²) < 4.78 is 5.70. The summed E-state index contributed by atoms with van der Waals surface area (Å²) in [6.45, 7) is 8.88. The third-order valence-corrected chi connectivity index (χ3v) is 4.34. The SMILES string of the molecule is CC(Oc1ccc(Cl)cc1)C(=O)N(C)Cc1ccc(C(C)(C)C)cc1. The Balaban J connectivity index is 1.96. The van der Waals surface area contributed by atoms with Crippen molar-refractivity contribution in [2.75, 3.05) is 7.05 Å². The maximum atomic E-state index is 12.5. The van der Waals surface area contributed by atoms with Crippen LogP contribution >= 0.6 is 11.6 Å². The number of carbonyl (C=O) groups is 1. The van der Waals surface area contributed by atoms with Crippen LogP contribution < -0.4 is 4.74 Å². The molecule has 134 valence electrons. The van der Waals surface area contributed by atoms with Crippen molar-refractivity contribution in [3.8, 4) is 5.75 Å². The van der Waals surface area contributed by atoms with Gasteiger partial charge in [-0.25, -0.2) is 0 Å². The van der Waals surface area contributed by atoms with Crippen molar-refractivity contribution in [2.24, 2.45) is 0 Å². The van der Waals surface area contributed by atoms with Crippen molar-refractivity contribution in [3.05, 3.63) is 64.7 Å². The fourth-order valence-corrected chi connectivity index (χ4v) is 2.67. The Labute approximate surface area is 155 Å². The highest BCUT2D eigenvalue weighted by molar-refractivity contribution is 6.30. The number of benzene rings is 2. The third-order valence-electron chi connectivity index (χ3n) is 4.09. The minimum atomic E-state index is -0.556. The van der Waals surface area contributed by atoms with Crippen LogP contribution in [0.25, 0.3) is 0 Å². The normalized spacial score (nSPS) is 12.6. The van der Waals surface area contributed by atoms with Crippen LogP contribution in [0.15, 0.2) is 48.5 Å². The van der Waals surface area contributed by atoms with Crippen molar-refractivity contribution in [1.29, 1.82) is 0 Å². The molecule has 0 spiro atoms. The Kier molecular flexibility index (Phi) is 6.12. The number of hydrogen-bond acceptors (Lipinski definition) is 2. The molecule has 1 atom stereocenters. The third kappa shape index (κ3) is 5.50. The molecule has 0 saturated heterocycles. The van der Waals surface area contributed by atoms with Gasteiger partial charge in [0.25, 0.3) is 5.91 Å². The number of ether oxygens (including phenoxy) is 1. The van der Waals surface area contributed by atoms with Gasteiger partial charge in [0.1, 0.15) is 5.75 Å². The minimum absolute atomic E-state index is 0.0603. The van der Waals surface area contributed by atoms with Gasteiger partial charge in [0.05, 0.1) is 0 Å². The van der Waals surface area contributed by atoms with Crippen molar-refractivity contribution in [3.63, 3.8) is 0 Å². The molecule has 0 aromatic heterocycles. The molecule has 2 aromatic carbocycles. The quantitative estimate of drug-likeness (QED) is 0.746. The van der Waals surface area contributed by atoms with E-state index in [-0.39, 0.29) is 11.3 Å². The first kappa shape index (κ1) is 19.3. The van der Waals surface area contributed by atoms with Crippen LogP contribution in [0.5, 0.6) is 5.75 Å². The number of likely N-dealkylation sites (N-methyl/N-ethyl adjacent to an activating group) is 1. The second-order valence-electron chi connectivity index (χ2n) is 7.36. The minimum Gasteiger partial charge on any atom is -0.481 e. The molecule has 0 heterocycles. The van der Waals surface area contributed by atoms with E-state index in [1.807, 2.05) is 0 Å². The van der Waals surface area contributed by atoms with Gasteiger partial charge in [-0.1, -0.05) is 56.6 Å². The zero-order valence-corrected chi connectivity index (χ0v) is 16.3. The number of rotatable bonds is 5. The van der Waals surface area contributed by atoms with Crippen molar-refractivity contribution >= 4 is 17.5 Å². The Morgan fingerprint density at radius 2 is 1.64 bits per heavy atom. The lowest BCUT2D eigenvalue weighted by Crippen LogP contribution is -2.37. The first-order valence-electron chi connectivity index (χ1n) is 8.43. The van der Waals surface area contributed by atoms with Gasteiger partial charge >= 0.3 is 0 Å². The van der Waals surface area contributed by atoms with Gasteiger partial charge in [-0.15, -0.1) is 0 Å². The molecular weight excluding hydrogens is 334 g/mol. The lowest BCUT2D eigenvalue weighted by Gasteiger charge is -2.23. The van der Waals surface area contributed by atoms with Crippen molar-refractivity contribution < 1.29 is 9.53 Å². The predicted molar refractivity (Wildman–Crippen MR) is 103 cm³/mol. The van der Waals surface area contributed by atoms with E-state index in [2.05, 4.69) is 45.0 Å². The van der Waals surface area contributed by atoms with Crippen LogP contribution in [0.3, 0.4) is 0 Å². The molecule has 0 fully saturated rings. The average molecular weight is 360 g/mol. The number of nitrogens with zero attached hydrogens (tertiary/aromatic N) is 1. The topological polar surface area (TPSA) is 29.5 Å². The van der Waals surface area contributed by atoms with Crippen LogP contribution in [-0.2, 0) is 16.8 Å². The number of amides is 1. The number of carbonyl (C=O) groups excluding carboxylic acids is 1. The van der Waals surface area contributed by atoms with E-state index in [1.165, 1.54) is 5.56 Å². The summed E-state index contributed by atoms with van der Waals surface area (Å²) in [7, 11) is 1.79. The fourth-order valence-electron chi connectivity index (χ4n) is 2.54. The molecule has 0 aliphatic rings. The lowest BCUT2D eigenvalue weighted by atomic mass is 9.87. The molecule has 2 aromatic rings. The molecular formula is C21H26ClNO2. The van der Waals surface area contributed by atoms with Gasteiger partial charge in [0, 0.05) is 18.6 Å². The van der Waals surface area contributed by atoms with Crippen molar-refractivity contribution in [1.82, 2.24) is 4.90 Å². The van der Waals surface area contributed by atoms with Gasteiger partial charge in [-0.3, -0.25) is 4.79 Å². The smallest absolute Gasteiger partial charge is 0.263 e. The van der Waals surface area contributed by atoms with E-state index in [0.29, 0.717) is 17.3 Å². The van der Waals surface area contributed by atoms with Crippen LogP contribution in [0.1, 0.15) is 38.8 Å². The Morgan fingerprint density at radius 1 is 1.08 bits per heavy atom. The van der Waals surface area contributed by atoms with Gasteiger partial charge in [0.15, 0.2) is 6.10 Å². The molecule has 0 aliphatic heterocycles. The molecule has 1 amide bonds. The molecule has 0 saturated carbocycles. The van der Waals surface area contributed by atoms with Gasteiger partial charge < -0.3 is 9.64 Å². The summed E-state index contributed by atoms with van der Waals surface area (Å²) in [5.41, 5.74) is 2.51. The van der Waals surface area contributed by atoms with Crippen LogP contribution in [0, 0.1) is 0 Å². The van der Waals surface area contributed by atoms with Crippen LogP contribution in [0.2, 0.25) is 5.02 Å². The van der Waals surface area contributed by atoms with E-state index in [9.17, 15) is 4.79 Å². The molecule has 0 aliphatic carbocycles. The summed E-state index contributed by atoms with van der Waals surface area (Å²) in [5.74, 6) is 0.572.